The van der Waals surface area contributed by atoms with Gasteiger partial charge in [0.15, 0.2) is 0 Å². The number of nitrogens with zero attached hydrogens (tertiary/aromatic N) is 6. The predicted molar refractivity (Wildman–Crippen MR) is 154 cm³/mol. The fraction of sp³-hybridized carbons (Fsp3) is 0.364. The summed E-state index contributed by atoms with van der Waals surface area (Å²) in [6, 6.07) is 13.2. The van der Waals surface area contributed by atoms with E-state index in [1.807, 2.05) is 9.80 Å². The molecule has 2 aromatic rings. The number of nitro groups is 2. The minimum Gasteiger partial charge on any atom is -0.411 e. The van der Waals surface area contributed by atoms with Gasteiger partial charge in [0.05, 0.1) is 9.85 Å². The molecular formula is C22H24FeN6O4S4. The Labute approximate surface area is 247 Å². The number of thiocarbonyl (C=S) groups is 2. The number of piperazine rings is 2. The van der Waals surface area contributed by atoms with Gasteiger partial charge in [-0.05, 0) is 24.3 Å². The molecule has 2 heterocycles. The van der Waals surface area contributed by atoms with Crippen molar-refractivity contribution in [1.82, 2.24) is 9.80 Å². The summed E-state index contributed by atoms with van der Waals surface area (Å²) in [7, 11) is 0. The van der Waals surface area contributed by atoms with Crippen molar-refractivity contribution in [1.29, 1.82) is 0 Å². The van der Waals surface area contributed by atoms with Crippen LogP contribution in [0.1, 0.15) is 0 Å². The van der Waals surface area contributed by atoms with Crippen molar-refractivity contribution in [3.8, 4) is 0 Å². The number of benzene rings is 2. The van der Waals surface area contributed by atoms with Gasteiger partial charge in [-0.2, -0.15) is 0 Å². The van der Waals surface area contributed by atoms with Gasteiger partial charge in [0, 0.05) is 88.0 Å². The molecule has 0 aromatic heterocycles. The van der Waals surface area contributed by atoms with Gasteiger partial charge < -0.3 is 69.3 Å². The zero-order valence-corrected chi connectivity index (χ0v) is 23.9. The summed E-state index contributed by atoms with van der Waals surface area (Å²) in [5, 5.41) is 21.1. The van der Waals surface area contributed by atoms with Crippen molar-refractivity contribution >= 4 is 81.1 Å². The van der Waals surface area contributed by atoms with Crippen LogP contribution in [0.3, 0.4) is 0 Å². The largest absolute Gasteiger partial charge is 2.00 e. The summed E-state index contributed by atoms with van der Waals surface area (Å²) in [6.07, 6.45) is 0. The molecule has 0 radical (unpaired) electrons. The van der Waals surface area contributed by atoms with Crippen molar-refractivity contribution in [3.63, 3.8) is 0 Å². The summed E-state index contributed by atoms with van der Waals surface area (Å²) in [5.41, 5.74) is 2.22. The first-order valence-corrected chi connectivity index (χ1v) is 12.7. The molecule has 2 aromatic carbocycles. The molecule has 4 rings (SSSR count). The number of rotatable bonds is 4. The standard InChI is InChI=1S/2C11H13N3O2S2.Fe/c2*15-14(16)10-3-1-9(2-4-10)12-5-7-13(8-6-12)11(17)18;/h2*1-4H,5-8H2,(H,17,18);/q;;+2/p-2. The van der Waals surface area contributed by atoms with Gasteiger partial charge in [0.25, 0.3) is 11.4 Å². The summed E-state index contributed by atoms with van der Waals surface area (Å²) >= 11 is 19.9. The smallest absolute Gasteiger partial charge is 0.411 e. The molecule has 0 bridgehead atoms. The van der Waals surface area contributed by atoms with Crippen LogP contribution in [0.15, 0.2) is 48.5 Å². The topological polar surface area (TPSA) is 99.2 Å². The Kier molecular flexibility index (Phi) is 12.1. The summed E-state index contributed by atoms with van der Waals surface area (Å²) in [6.45, 7) is 6.53. The van der Waals surface area contributed by atoms with E-state index in [0.29, 0.717) is 8.64 Å². The minimum atomic E-state index is -0.392. The molecule has 0 N–H and O–H groups in total. The maximum absolute atomic E-state index is 10.6. The van der Waals surface area contributed by atoms with Crippen molar-refractivity contribution < 1.29 is 26.9 Å². The van der Waals surface area contributed by atoms with Crippen LogP contribution < -0.4 is 9.80 Å². The van der Waals surface area contributed by atoms with Gasteiger partial charge in [-0.25, -0.2) is 0 Å². The predicted octanol–water partition coefficient (Wildman–Crippen LogP) is 3.09. The van der Waals surface area contributed by atoms with Gasteiger partial charge in [-0.1, -0.05) is 8.64 Å². The van der Waals surface area contributed by atoms with Gasteiger partial charge in [0.2, 0.25) is 0 Å². The molecule has 0 amide bonds. The first kappa shape index (κ1) is 30.8. The van der Waals surface area contributed by atoms with Crippen molar-refractivity contribution in [2.75, 3.05) is 62.2 Å². The summed E-state index contributed by atoms with van der Waals surface area (Å²) in [4.78, 5) is 28.7. The zero-order valence-electron chi connectivity index (χ0n) is 19.6. The fourth-order valence-corrected chi connectivity index (χ4v) is 4.60. The van der Waals surface area contributed by atoms with E-state index in [9.17, 15) is 20.2 Å². The second-order valence-electron chi connectivity index (χ2n) is 8.03. The number of nitro benzene ring substituents is 2. The van der Waals surface area contributed by atoms with Gasteiger partial charge in [-0.3, -0.25) is 20.2 Å². The van der Waals surface area contributed by atoms with Crippen LogP contribution in [0.25, 0.3) is 0 Å². The third-order valence-corrected chi connectivity index (χ3v) is 6.96. The Balaban J connectivity index is 0.000000253. The third-order valence-electron chi connectivity index (χ3n) is 5.93. The van der Waals surface area contributed by atoms with Crippen molar-refractivity contribution in [2.45, 2.75) is 0 Å². The van der Waals surface area contributed by atoms with Crippen LogP contribution in [0, 0.1) is 20.2 Å². The molecule has 0 unspecified atom stereocenters. The fourth-order valence-electron chi connectivity index (χ4n) is 3.86. The first-order chi connectivity index (χ1) is 17.2. The molecule has 0 spiro atoms. The first-order valence-electron chi connectivity index (χ1n) is 11.1. The second-order valence-corrected chi connectivity index (χ2v) is 10.1. The van der Waals surface area contributed by atoms with Crippen LogP contribution in [0.4, 0.5) is 22.7 Å². The van der Waals surface area contributed by atoms with E-state index in [2.05, 4.69) is 9.80 Å². The molecule has 198 valence electrons. The average Bonchev–Trinajstić information content (AvgIpc) is 2.89. The summed E-state index contributed by atoms with van der Waals surface area (Å²) < 4.78 is 1.02. The normalized spacial score (nSPS) is 15.1. The van der Waals surface area contributed by atoms with E-state index >= 15 is 0 Å². The SMILES string of the molecule is O=[N+]([O-])c1ccc(N2CCN(C(=S)[S-])CC2)cc1.O=[N+]([O-])c1ccc(N2CCN(C(=S)[S-])CC2)cc1.[Fe+2]. The second kappa shape index (κ2) is 14.5. The molecule has 0 atom stereocenters. The molecule has 37 heavy (non-hydrogen) atoms. The van der Waals surface area contributed by atoms with E-state index in [-0.39, 0.29) is 28.4 Å². The van der Waals surface area contributed by atoms with Crippen molar-refractivity contribution in [2.24, 2.45) is 0 Å². The Bertz CT molecular complexity index is 1010. The molecule has 2 aliphatic rings. The van der Waals surface area contributed by atoms with Crippen molar-refractivity contribution in [3.05, 3.63) is 68.8 Å². The molecule has 2 saturated heterocycles. The molecule has 15 heteroatoms. The maximum atomic E-state index is 10.6. The quantitative estimate of drug-likeness (QED) is 0.165. The Hall–Kier alpha value is -2.42. The Morgan fingerprint density at radius 2 is 0.892 bits per heavy atom. The van der Waals surface area contributed by atoms with Crippen LogP contribution in [0.2, 0.25) is 0 Å². The van der Waals surface area contributed by atoms with E-state index in [1.54, 1.807) is 24.3 Å². The number of hydrogen-bond acceptors (Lipinski definition) is 10. The zero-order chi connectivity index (χ0) is 26.2. The molecule has 10 nitrogen and oxygen atoms in total. The van der Waals surface area contributed by atoms with Crippen LogP contribution in [0.5, 0.6) is 0 Å². The van der Waals surface area contributed by atoms with Crippen LogP contribution >= 0.6 is 24.4 Å². The Morgan fingerprint density at radius 1 is 0.622 bits per heavy atom. The molecular weight excluding hydrogens is 596 g/mol. The maximum Gasteiger partial charge on any atom is 2.00 e. The average molecular weight is 621 g/mol. The number of hydrogen-bond donors (Lipinski definition) is 0. The third kappa shape index (κ3) is 8.83. The molecule has 0 saturated carbocycles. The molecule has 0 aliphatic carbocycles. The molecule has 2 fully saturated rings. The van der Waals surface area contributed by atoms with Crippen LogP contribution in [-0.2, 0) is 42.3 Å². The Morgan fingerprint density at radius 3 is 1.11 bits per heavy atom. The van der Waals surface area contributed by atoms with Gasteiger partial charge in [0.1, 0.15) is 0 Å². The number of non-ortho nitro benzene ring substituents is 2. The summed E-state index contributed by atoms with van der Waals surface area (Å²) in [5.74, 6) is 0. The van der Waals surface area contributed by atoms with E-state index in [0.717, 1.165) is 63.7 Å². The minimum absolute atomic E-state index is 0. The van der Waals surface area contributed by atoms with Crippen LogP contribution in [-0.4, -0.2) is 80.6 Å². The number of anilines is 2. The van der Waals surface area contributed by atoms with Gasteiger partial charge >= 0.3 is 17.1 Å². The van der Waals surface area contributed by atoms with E-state index in [4.69, 9.17) is 49.7 Å². The van der Waals surface area contributed by atoms with E-state index in [1.165, 1.54) is 24.3 Å². The van der Waals surface area contributed by atoms with Gasteiger partial charge in [-0.15, -0.1) is 0 Å². The van der Waals surface area contributed by atoms with E-state index < -0.39 is 9.85 Å². The monoisotopic (exact) mass is 620 g/mol. The molecule has 2 aliphatic heterocycles.